The smallest absolute Gasteiger partial charge is 0.335 e. The number of hydrogen-bond acceptors (Lipinski definition) is 4. The third-order valence-corrected chi connectivity index (χ3v) is 3.29. The van der Waals surface area contributed by atoms with Gasteiger partial charge in [0.15, 0.2) is 0 Å². The van der Waals surface area contributed by atoms with E-state index >= 15 is 0 Å². The van der Waals surface area contributed by atoms with Crippen molar-refractivity contribution in [2.24, 2.45) is 0 Å². The number of pyridine rings is 1. The van der Waals surface area contributed by atoms with Gasteiger partial charge in [-0.2, -0.15) is 0 Å². The van der Waals surface area contributed by atoms with E-state index in [1.54, 1.807) is 12.3 Å². The first-order chi connectivity index (χ1) is 7.70. The molecule has 0 fully saturated rings. The Morgan fingerprint density at radius 2 is 2.31 bits per heavy atom. The molecule has 0 bridgehead atoms. The number of carbonyl (C=O) groups is 1. The van der Waals surface area contributed by atoms with Crippen LogP contribution < -0.4 is 0 Å². The molecule has 0 aliphatic carbocycles. The van der Waals surface area contributed by atoms with Crippen LogP contribution in [0, 0.1) is 0 Å². The summed E-state index contributed by atoms with van der Waals surface area (Å²) in [5, 5.41) is 9.63. The van der Waals surface area contributed by atoms with Gasteiger partial charge in [-0.1, -0.05) is 6.92 Å². The van der Waals surface area contributed by atoms with Crippen LogP contribution in [0.5, 0.6) is 0 Å². The van der Waals surface area contributed by atoms with Gasteiger partial charge in [0.05, 0.1) is 11.3 Å². The van der Waals surface area contributed by atoms with Gasteiger partial charge in [0.1, 0.15) is 5.01 Å². The number of aromatic nitrogens is 2. The highest BCUT2D eigenvalue weighted by molar-refractivity contribution is 7.14. The standard InChI is InChI=1S/C11H10N2O2S/c1-2-8-6-13-10(16-8)9-5-7(11(14)15)3-4-12-9/h3-6H,2H2,1H3,(H,14,15). The predicted octanol–water partition coefficient (Wildman–Crippen LogP) is 2.47. The molecule has 0 spiro atoms. The van der Waals surface area contributed by atoms with Crippen LogP contribution in [0.15, 0.2) is 24.5 Å². The lowest BCUT2D eigenvalue weighted by Crippen LogP contribution is -1.96. The molecule has 0 aliphatic heterocycles. The Morgan fingerprint density at radius 3 is 2.94 bits per heavy atom. The molecule has 0 atom stereocenters. The molecule has 0 unspecified atom stereocenters. The topological polar surface area (TPSA) is 63.1 Å². The third-order valence-electron chi connectivity index (χ3n) is 2.13. The van der Waals surface area contributed by atoms with Gasteiger partial charge in [-0.25, -0.2) is 9.78 Å². The quantitative estimate of drug-likeness (QED) is 0.886. The Bertz CT molecular complexity index is 522. The summed E-state index contributed by atoms with van der Waals surface area (Å²) >= 11 is 1.54. The molecule has 16 heavy (non-hydrogen) atoms. The first-order valence-corrected chi connectivity index (χ1v) is 5.66. The molecule has 4 nitrogen and oxygen atoms in total. The average molecular weight is 234 g/mol. The maximum absolute atomic E-state index is 10.8. The van der Waals surface area contributed by atoms with Gasteiger partial charge in [-0.15, -0.1) is 11.3 Å². The van der Waals surface area contributed by atoms with Crippen LogP contribution in [0.25, 0.3) is 10.7 Å². The highest BCUT2D eigenvalue weighted by Crippen LogP contribution is 2.24. The van der Waals surface area contributed by atoms with Crippen molar-refractivity contribution in [3.05, 3.63) is 35.0 Å². The summed E-state index contributed by atoms with van der Waals surface area (Å²) in [6.45, 7) is 2.05. The minimum atomic E-state index is -0.948. The lowest BCUT2D eigenvalue weighted by Gasteiger charge is -1.97. The highest BCUT2D eigenvalue weighted by Gasteiger charge is 2.08. The SMILES string of the molecule is CCc1cnc(-c2cc(C(=O)O)ccn2)s1. The molecule has 0 aliphatic rings. The van der Waals surface area contributed by atoms with Crippen molar-refractivity contribution in [1.82, 2.24) is 9.97 Å². The van der Waals surface area contributed by atoms with E-state index in [9.17, 15) is 4.79 Å². The van der Waals surface area contributed by atoms with Crippen molar-refractivity contribution in [2.75, 3.05) is 0 Å². The molecule has 2 aromatic heterocycles. The maximum Gasteiger partial charge on any atom is 0.335 e. The van der Waals surface area contributed by atoms with Gasteiger partial charge in [-0.3, -0.25) is 4.98 Å². The summed E-state index contributed by atoms with van der Waals surface area (Å²) in [4.78, 5) is 20.3. The summed E-state index contributed by atoms with van der Waals surface area (Å²) in [5.41, 5.74) is 0.850. The fourth-order valence-corrected chi connectivity index (χ4v) is 2.09. The van der Waals surface area contributed by atoms with Gasteiger partial charge in [0.25, 0.3) is 0 Å². The van der Waals surface area contributed by atoms with E-state index in [-0.39, 0.29) is 5.56 Å². The second-order valence-corrected chi connectivity index (χ2v) is 4.34. The molecular weight excluding hydrogens is 224 g/mol. The lowest BCUT2D eigenvalue weighted by atomic mass is 10.2. The fraction of sp³-hybridized carbons (Fsp3) is 0.182. The molecule has 0 saturated heterocycles. The molecule has 5 heteroatoms. The zero-order valence-corrected chi connectivity index (χ0v) is 9.49. The number of carboxylic acid groups (broad SMARTS) is 1. The molecule has 0 saturated carbocycles. The van der Waals surface area contributed by atoms with Crippen molar-refractivity contribution < 1.29 is 9.90 Å². The molecule has 0 amide bonds. The number of thiazole rings is 1. The molecule has 1 N–H and O–H groups in total. The predicted molar refractivity (Wildman–Crippen MR) is 61.7 cm³/mol. The Labute approximate surface area is 96.6 Å². The fourth-order valence-electron chi connectivity index (χ4n) is 1.27. The van der Waals surface area contributed by atoms with Gasteiger partial charge >= 0.3 is 5.97 Å². The van der Waals surface area contributed by atoms with Crippen LogP contribution in [0.1, 0.15) is 22.2 Å². The highest BCUT2D eigenvalue weighted by atomic mass is 32.1. The van der Waals surface area contributed by atoms with Crippen LogP contribution in [0.4, 0.5) is 0 Å². The Balaban J connectivity index is 2.40. The second-order valence-electron chi connectivity index (χ2n) is 3.22. The van der Waals surface area contributed by atoms with Crippen LogP contribution in [-0.2, 0) is 6.42 Å². The number of aromatic carboxylic acids is 1. The van der Waals surface area contributed by atoms with Crippen LogP contribution in [0.3, 0.4) is 0 Å². The molecule has 2 rings (SSSR count). The lowest BCUT2D eigenvalue weighted by molar-refractivity contribution is 0.0697. The molecule has 2 aromatic rings. The van der Waals surface area contributed by atoms with E-state index in [4.69, 9.17) is 5.11 Å². The number of rotatable bonds is 3. The van der Waals surface area contributed by atoms with Gasteiger partial charge in [0, 0.05) is 17.3 Å². The number of nitrogens with zero attached hydrogens (tertiary/aromatic N) is 2. The van der Waals surface area contributed by atoms with E-state index in [1.165, 1.54) is 23.6 Å². The van der Waals surface area contributed by atoms with Crippen LogP contribution in [0.2, 0.25) is 0 Å². The van der Waals surface area contributed by atoms with Crippen molar-refractivity contribution in [3.8, 4) is 10.7 Å². The Hall–Kier alpha value is -1.75. The molecule has 0 aromatic carbocycles. The van der Waals surface area contributed by atoms with Crippen LogP contribution in [-0.4, -0.2) is 21.0 Å². The van der Waals surface area contributed by atoms with Crippen molar-refractivity contribution in [2.45, 2.75) is 13.3 Å². The number of carboxylic acids is 1. The van der Waals surface area contributed by atoms with Crippen molar-refractivity contribution >= 4 is 17.3 Å². The number of hydrogen-bond donors (Lipinski definition) is 1. The second kappa shape index (κ2) is 4.40. The van der Waals surface area contributed by atoms with Crippen molar-refractivity contribution in [1.29, 1.82) is 0 Å². The minimum Gasteiger partial charge on any atom is -0.478 e. The van der Waals surface area contributed by atoms with E-state index in [0.717, 1.165) is 16.3 Å². The summed E-state index contributed by atoms with van der Waals surface area (Å²) in [6, 6.07) is 3.01. The normalized spacial score (nSPS) is 10.3. The summed E-state index contributed by atoms with van der Waals surface area (Å²) < 4.78 is 0. The van der Waals surface area contributed by atoms with Gasteiger partial charge in [0.2, 0.25) is 0 Å². The summed E-state index contributed by atoms with van der Waals surface area (Å²) in [5.74, 6) is -0.948. The van der Waals surface area contributed by atoms with Gasteiger partial charge in [-0.05, 0) is 18.6 Å². The summed E-state index contributed by atoms with van der Waals surface area (Å²) in [7, 11) is 0. The minimum absolute atomic E-state index is 0.234. The van der Waals surface area contributed by atoms with E-state index in [1.807, 2.05) is 0 Å². The Morgan fingerprint density at radius 1 is 1.50 bits per heavy atom. The summed E-state index contributed by atoms with van der Waals surface area (Å²) in [6.07, 6.45) is 4.22. The third kappa shape index (κ3) is 2.09. The van der Waals surface area contributed by atoms with E-state index in [0.29, 0.717) is 5.69 Å². The maximum atomic E-state index is 10.8. The molecule has 82 valence electrons. The van der Waals surface area contributed by atoms with E-state index < -0.39 is 5.97 Å². The van der Waals surface area contributed by atoms with Gasteiger partial charge < -0.3 is 5.11 Å². The molecule has 2 heterocycles. The molecular formula is C11H10N2O2S. The van der Waals surface area contributed by atoms with Crippen LogP contribution >= 0.6 is 11.3 Å². The molecule has 0 radical (unpaired) electrons. The zero-order valence-electron chi connectivity index (χ0n) is 8.67. The Kier molecular flexibility index (Phi) is 2.96. The zero-order chi connectivity index (χ0) is 11.5. The monoisotopic (exact) mass is 234 g/mol. The largest absolute Gasteiger partial charge is 0.478 e. The first-order valence-electron chi connectivity index (χ1n) is 4.85. The first kappa shape index (κ1) is 10.8. The van der Waals surface area contributed by atoms with E-state index in [2.05, 4.69) is 16.9 Å². The average Bonchev–Trinajstić information content (AvgIpc) is 2.77. The number of aryl methyl sites for hydroxylation is 1. The van der Waals surface area contributed by atoms with Crippen molar-refractivity contribution in [3.63, 3.8) is 0 Å².